The monoisotopic (exact) mass is 402 g/mol. The van der Waals surface area contributed by atoms with E-state index in [2.05, 4.69) is 24.0 Å². The lowest BCUT2D eigenvalue weighted by molar-refractivity contribution is -0.686. The van der Waals surface area contributed by atoms with Crippen LogP contribution >= 0.6 is 11.6 Å². The maximum absolute atomic E-state index is 12.2. The van der Waals surface area contributed by atoms with Gasteiger partial charge in [-0.15, -0.1) is 0 Å². The van der Waals surface area contributed by atoms with Crippen molar-refractivity contribution in [3.05, 3.63) is 83.3 Å². The number of carbonyl (C=O) groups excluding carboxylic acids is 1. The molecule has 0 amide bonds. The standard InChI is InChI=1S/C19H16ClN2O.BrH/c1-14-2-4-15(5-3-14)18-10-11-22(13-21-18)12-19(23)16-6-8-17(20)9-7-16;/h2-11,13H,12H2,1H3;1H/q+1;/p-1. The van der Waals surface area contributed by atoms with Crippen LogP contribution in [0.4, 0.5) is 0 Å². The Hall–Kier alpha value is -2.04. The molecular weight excluding hydrogens is 388 g/mol. The van der Waals surface area contributed by atoms with Crippen molar-refractivity contribution in [2.75, 3.05) is 0 Å². The molecule has 1 heterocycles. The minimum Gasteiger partial charge on any atom is -1.00 e. The average Bonchev–Trinajstić information content (AvgIpc) is 2.57. The average molecular weight is 404 g/mol. The van der Waals surface area contributed by atoms with Crippen LogP contribution in [0.15, 0.2) is 67.1 Å². The molecule has 3 aromatic rings. The lowest BCUT2D eigenvalue weighted by atomic mass is 10.1. The molecule has 24 heavy (non-hydrogen) atoms. The summed E-state index contributed by atoms with van der Waals surface area (Å²) in [5.41, 5.74) is 3.81. The molecule has 122 valence electrons. The molecule has 3 rings (SSSR count). The molecule has 0 radical (unpaired) electrons. The van der Waals surface area contributed by atoms with Crippen LogP contribution in [0, 0.1) is 6.92 Å². The van der Waals surface area contributed by atoms with E-state index in [1.807, 2.05) is 24.4 Å². The maximum atomic E-state index is 12.2. The van der Waals surface area contributed by atoms with Gasteiger partial charge in [0.05, 0.1) is 6.20 Å². The van der Waals surface area contributed by atoms with Crippen LogP contribution in [0.5, 0.6) is 0 Å². The molecule has 0 N–H and O–H groups in total. The van der Waals surface area contributed by atoms with Crippen molar-refractivity contribution in [3.8, 4) is 11.3 Å². The van der Waals surface area contributed by atoms with Crippen molar-refractivity contribution >= 4 is 17.4 Å². The van der Waals surface area contributed by atoms with E-state index in [-0.39, 0.29) is 29.3 Å². The predicted molar refractivity (Wildman–Crippen MR) is 90.4 cm³/mol. The lowest BCUT2D eigenvalue weighted by Gasteiger charge is -2.01. The molecule has 0 aliphatic carbocycles. The second-order valence-corrected chi connectivity index (χ2v) is 5.85. The largest absolute Gasteiger partial charge is 1.00 e. The molecular formula is C19H16BrClN2O. The third kappa shape index (κ3) is 4.49. The van der Waals surface area contributed by atoms with Gasteiger partial charge >= 0.3 is 0 Å². The Kier molecular flexibility index (Phi) is 6.23. The molecule has 0 aliphatic rings. The Labute approximate surface area is 156 Å². The summed E-state index contributed by atoms with van der Waals surface area (Å²) in [4.78, 5) is 16.7. The second-order valence-electron chi connectivity index (χ2n) is 5.41. The van der Waals surface area contributed by atoms with E-state index < -0.39 is 0 Å². The molecule has 0 fully saturated rings. The van der Waals surface area contributed by atoms with E-state index in [0.717, 1.165) is 11.3 Å². The van der Waals surface area contributed by atoms with Crippen LogP contribution in [0.3, 0.4) is 0 Å². The SMILES string of the molecule is Cc1ccc(-c2cc[n+](CC(=O)c3ccc(Cl)cc3)cn2)cc1.[Br-]. The molecule has 2 aromatic carbocycles. The van der Waals surface area contributed by atoms with Crippen molar-refractivity contribution in [3.63, 3.8) is 0 Å². The number of hydrogen-bond acceptors (Lipinski definition) is 2. The third-order valence-electron chi connectivity index (χ3n) is 3.61. The molecule has 5 heteroatoms. The van der Waals surface area contributed by atoms with E-state index in [1.54, 1.807) is 35.2 Å². The van der Waals surface area contributed by atoms with E-state index in [9.17, 15) is 4.79 Å². The van der Waals surface area contributed by atoms with Crippen LogP contribution in [0.2, 0.25) is 5.02 Å². The van der Waals surface area contributed by atoms with Crippen LogP contribution in [0.1, 0.15) is 15.9 Å². The maximum Gasteiger partial charge on any atom is 0.287 e. The number of Topliss-reactive ketones (excluding diaryl/α,β-unsaturated/α-hetero) is 1. The topological polar surface area (TPSA) is 33.8 Å². The number of halogens is 2. The molecule has 0 atom stereocenters. The van der Waals surface area contributed by atoms with Gasteiger partial charge < -0.3 is 17.0 Å². The second kappa shape index (κ2) is 8.18. The Balaban J connectivity index is 0.00000208. The summed E-state index contributed by atoms with van der Waals surface area (Å²) >= 11 is 5.84. The zero-order valence-corrected chi connectivity index (χ0v) is 15.5. The first kappa shape index (κ1) is 18.3. The molecule has 0 saturated heterocycles. The minimum absolute atomic E-state index is 0. The Bertz CT molecular complexity index is 815. The van der Waals surface area contributed by atoms with Crippen LogP contribution in [-0.4, -0.2) is 10.8 Å². The van der Waals surface area contributed by atoms with Crippen LogP contribution < -0.4 is 21.5 Å². The van der Waals surface area contributed by atoms with E-state index in [1.165, 1.54) is 5.56 Å². The fourth-order valence-electron chi connectivity index (χ4n) is 2.27. The summed E-state index contributed by atoms with van der Waals surface area (Å²) in [5.74, 6) is 0.0246. The number of aromatic nitrogens is 2. The molecule has 3 nitrogen and oxygen atoms in total. The van der Waals surface area contributed by atoms with Gasteiger partial charge in [0.25, 0.3) is 6.33 Å². The van der Waals surface area contributed by atoms with Crippen molar-refractivity contribution in [2.24, 2.45) is 0 Å². The first-order valence-electron chi connectivity index (χ1n) is 7.33. The zero-order chi connectivity index (χ0) is 16.2. The van der Waals surface area contributed by atoms with E-state index in [4.69, 9.17) is 11.6 Å². The molecule has 0 bridgehead atoms. The normalized spacial score (nSPS) is 10.1. The lowest BCUT2D eigenvalue weighted by Crippen LogP contribution is -3.00. The molecule has 1 aromatic heterocycles. The quantitative estimate of drug-likeness (QED) is 0.479. The highest BCUT2D eigenvalue weighted by Gasteiger charge is 2.11. The summed E-state index contributed by atoms with van der Waals surface area (Å²) in [6.45, 7) is 2.31. The Morgan fingerprint density at radius 2 is 1.71 bits per heavy atom. The van der Waals surface area contributed by atoms with E-state index >= 15 is 0 Å². The highest BCUT2D eigenvalue weighted by molar-refractivity contribution is 6.30. The van der Waals surface area contributed by atoms with Crippen molar-refractivity contribution < 1.29 is 26.3 Å². The molecule has 0 aliphatic heterocycles. The fourth-order valence-corrected chi connectivity index (χ4v) is 2.39. The fraction of sp³-hybridized carbons (Fsp3) is 0.105. The van der Waals surface area contributed by atoms with Gasteiger partial charge in [-0.05, 0) is 36.2 Å². The minimum atomic E-state index is 0. The summed E-state index contributed by atoms with van der Waals surface area (Å²) in [6, 6.07) is 17.0. The molecule has 0 saturated carbocycles. The van der Waals surface area contributed by atoms with Gasteiger partial charge in [-0.25, -0.2) is 4.57 Å². The van der Waals surface area contributed by atoms with Gasteiger partial charge in [-0.2, -0.15) is 0 Å². The van der Waals surface area contributed by atoms with Crippen molar-refractivity contribution in [1.82, 2.24) is 4.98 Å². The molecule has 0 spiro atoms. The van der Waals surface area contributed by atoms with Crippen molar-refractivity contribution in [1.29, 1.82) is 0 Å². The van der Waals surface area contributed by atoms with Gasteiger partial charge in [0, 0.05) is 22.2 Å². The summed E-state index contributed by atoms with van der Waals surface area (Å²) in [7, 11) is 0. The highest BCUT2D eigenvalue weighted by Crippen LogP contribution is 2.15. The van der Waals surface area contributed by atoms with Gasteiger partial charge in [0.2, 0.25) is 5.78 Å². The number of carbonyl (C=O) groups is 1. The number of rotatable bonds is 4. The van der Waals surface area contributed by atoms with Gasteiger partial charge in [0.15, 0.2) is 12.2 Å². The van der Waals surface area contributed by atoms with Crippen LogP contribution in [0.25, 0.3) is 11.3 Å². The Morgan fingerprint density at radius 1 is 1.04 bits per heavy atom. The number of nitrogens with zero attached hydrogens (tertiary/aromatic N) is 2. The summed E-state index contributed by atoms with van der Waals surface area (Å²) < 4.78 is 1.77. The smallest absolute Gasteiger partial charge is 0.287 e. The van der Waals surface area contributed by atoms with Gasteiger partial charge in [0.1, 0.15) is 0 Å². The zero-order valence-electron chi connectivity index (χ0n) is 13.1. The van der Waals surface area contributed by atoms with Crippen molar-refractivity contribution in [2.45, 2.75) is 13.5 Å². The van der Waals surface area contributed by atoms with Gasteiger partial charge in [-0.3, -0.25) is 4.79 Å². The first-order valence-corrected chi connectivity index (χ1v) is 7.70. The highest BCUT2D eigenvalue weighted by atomic mass is 79.9. The number of benzene rings is 2. The number of hydrogen-bond donors (Lipinski definition) is 0. The number of aryl methyl sites for hydroxylation is 1. The van der Waals surface area contributed by atoms with E-state index in [0.29, 0.717) is 10.6 Å². The summed E-state index contributed by atoms with van der Waals surface area (Å²) in [5, 5.41) is 0.623. The summed E-state index contributed by atoms with van der Waals surface area (Å²) in [6.07, 6.45) is 3.55. The van der Waals surface area contributed by atoms with Crippen LogP contribution in [-0.2, 0) is 6.54 Å². The first-order chi connectivity index (χ1) is 11.1. The predicted octanol–water partition coefficient (Wildman–Crippen LogP) is 0.885. The molecule has 0 unspecified atom stereocenters. The Morgan fingerprint density at radius 3 is 2.29 bits per heavy atom. The van der Waals surface area contributed by atoms with Gasteiger partial charge in [-0.1, -0.05) is 41.4 Å². The number of ketones is 1. The third-order valence-corrected chi connectivity index (χ3v) is 3.86.